The Labute approximate surface area is 122 Å². The summed E-state index contributed by atoms with van der Waals surface area (Å²) in [5, 5.41) is 14.3. The summed E-state index contributed by atoms with van der Waals surface area (Å²) < 4.78 is 10.6. The average Bonchev–Trinajstić information content (AvgIpc) is 2.84. The molecule has 3 rings (SSSR count). The maximum Gasteiger partial charge on any atom is 0.245 e. The number of rotatable bonds is 3. The summed E-state index contributed by atoms with van der Waals surface area (Å²) in [6, 6.07) is 5.61. The molecule has 0 atom stereocenters. The van der Waals surface area contributed by atoms with E-state index >= 15 is 0 Å². The third-order valence-electron chi connectivity index (χ3n) is 2.69. The molecule has 1 aromatic heterocycles. The smallest absolute Gasteiger partial charge is 0.245 e. The Morgan fingerprint density at radius 2 is 1.95 bits per heavy atom. The van der Waals surface area contributed by atoms with Gasteiger partial charge >= 0.3 is 0 Å². The Bertz CT molecular complexity index is 654. The second-order valence-electron chi connectivity index (χ2n) is 5.73. The third kappa shape index (κ3) is 3.31. The van der Waals surface area contributed by atoms with Gasteiger partial charge in [-0.25, -0.2) is 0 Å². The molecule has 0 spiro atoms. The molecule has 21 heavy (non-hydrogen) atoms. The Balaban J connectivity index is 1.77. The van der Waals surface area contributed by atoms with Gasteiger partial charge in [-0.15, -0.1) is 5.10 Å². The molecule has 0 aliphatic carbocycles. The first-order valence-corrected chi connectivity index (χ1v) is 6.64. The first-order valence-electron chi connectivity index (χ1n) is 6.64. The third-order valence-corrected chi connectivity index (χ3v) is 2.69. The van der Waals surface area contributed by atoms with Crippen LogP contribution < -0.4 is 20.1 Å². The number of nitrogens with one attached hydrogen (secondary N) is 2. The van der Waals surface area contributed by atoms with Gasteiger partial charge in [0.25, 0.3) is 0 Å². The van der Waals surface area contributed by atoms with E-state index in [2.05, 4.69) is 25.8 Å². The molecule has 1 aliphatic rings. The van der Waals surface area contributed by atoms with Gasteiger partial charge in [0.2, 0.25) is 12.7 Å². The molecule has 0 radical (unpaired) electrons. The van der Waals surface area contributed by atoms with Gasteiger partial charge in [0.15, 0.2) is 17.3 Å². The molecular weight excluding hydrogens is 270 g/mol. The SMILES string of the molecule is CC(C)(C)Nc1nncc(Nc2ccc3c(c2)OCO3)n1. The van der Waals surface area contributed by atoms with Gasteiger partial charge in [-0.2, -0.15) is 10.1 Å². The van der Waals surface area contributed by atoms with Gasteiger partial charge in [-0.05, 0) is 32.9 Å². The van der Waals surface area contributed by atoms with Crippen LogP contribution >= 0.6 is 0 Å². The predicted octanol–water partition coefficient (Wildman–Crippen LogP) is 2.55. The number of nitrogens with zero attached hydrogens (tertiary/aromatic N) is 3. The van der Waals surface area contributed by atoms with Crippen molar-refractivity contribution in [1.29, 1.82) is 0 Å². The average molecular weight is 287 g/mol. The molecule has 1 aliphatic heterocycles. The van der Waals surface area contributed by atoms with E-state index in [0.29, 0.717) is 11.8 Å². The molecule has 0 unspecified atom stereocenters. The van der Waals surface area contributed by atoms with Crippen LogP contribution in [0.25, 0.3) is 0 Å². The Hall–Kier alpha value is -2.57. The van der Waals surface area contributed by atoms with Crippen LogP contribution in [-0.4, -0.2) is 27.5 Å². The van der Waals surface area contributed by atoms with E-state index in [4.69, 9.17) is 9.47 Å². The molecule has 110 valence electrons. The molecule has 2 heterocycles. The molecule has 2 N–H and O–H groups in total. The minimum atomic E-state index is -0.126. The summed E-state index contributed by atoms with van der Waals surface area (Å²) in [6.07, 6.45) is 1.57. The van der Waals surface area contributed by atoms with Crippen molar-refractivity contribution in [3.8, 4) is 11.5 Å². The standard InChI is InChI=1S/C14H17N5O2/c1-14(2,3)18-13-17-12(7-15-19-13)16-9-4-5-10-11(6-9)21-8-20-10/h4-7H,8H2,1-3H3,(H2,16,17,18,19). The van der Waals surface area contributed by atoms with Crippen molar-refractivity contribution in [2.24, 2.45) is 0 Å². The number of ether oxygens (including phenoxy) is 2. The van der Waals surface area contributed by atoms with E-state index in [9.17, 15) is 0 Å². The van der Waals surface area contributed by atoms with Crippen LogP contribution in [0, 0.1) is 0 Å². The predicted molar refractivity (Wildman–Crippen MR) is 79.1 cm³/mol. The van der Waals surface area contributed by atoms with Gasteiger partial charge in [0.1, 0.15) is 0 Å². The zero-order valence-corrected chi connectivity index (χ0v) is 12.2. The number of anilines is 3. The summed E-state index contributed by atoms with van der Waals surface area (Å²) in [5.74, 6) is 2.55. The van der Waals surface area contributed by atoms with Gasteiger partial charge < -0.3 is 20.1 Å². The fourth-order valence-electron chi connectivity index (χ4n) is 1.87. The van der Waals surface area contributed by atoms with E-state index < -0.39 is 0 Å². The fourth-order valence-corrected chi connectivity index (χ4v) is 1.87. The lowest BCUT2D eigenvalue weighted by atomic mass is 10.1. The van der Waals surface area contributed by atoms with Crippen molar-refractivity contribution in [1.82, 2.24) is 15.2 Å². The van der Waals surface area contributed by atoms with Crippen LogP contribution in [0.3, 0.4) is 0 Å². The van der Waals surface area contributed by atoms with Crippen LogP contribution in [0.4, 0.5) is 17.5 Å². The van der Waals surface area contributed by atoms with Crippen LogP contribution in [0.15, 0.2) is 24.4 Å². The highest BCUT2D eigenvalue weighted by molar-refractivity contribution is 5.61. The highest BCUT2D eigenvalue weighted by Crippen LogP contribution is 2.34. The Morgan fingerprint density at radius 3 is 2.76 bits per heavy atom. The van der Waals surface area contributed by atoms with E-state index in [0.717, 1.165) is 17.2 Å². The highest BCUT2D eigenvalue weighted by atomic mass is 16.7. The molecular formula is C14H17N5O2. The number of hydrogen-bond donors (Lipinski definition) is 2. The molecule has 1 aromatic carbocycles. The first-order chi connectivity index (χ1) is 9.99. The molecule has 0 bridgehead atoms. The second kappa shape index (κ2) is 5.08. The van der Waals surface area contributed by atoms with Crippen LogP contribution in [0.5, 0.6) is 11.5 Å². The number of hydrogen-bond acceptors (Lipinski definition) is 7. The van der Waals surface area contributed by atoms with Crippen molar-refractivity contribution in [3.05, 3.63) is 24.4 Å². The van der Waals surface area contributed by atoms with Gasteiger partial charge in [-0.1, -0.05) is 0 Å². The number of aromatic nitrogens is 3. The summed E-state index contributed by atoms with van der Waals surface area (Å²) in [4.78, 5) is 4.38. The monoisotopic (exact) mass is 287 g/mol. The van der Waals surface area contributed by atoms with Crippen molar-refractivity contribution in [2.75, 3.05) is 17.4 Å². The van der Waals surface area contributed by atoms with Crippen LogP contribution in [0.2, 0.25) is 0 Å². The minimum Gasteiger partial charge on any atom is -0.454 e. The van der Waals surface area contributed by atoms with E-state index in [-0.39, 0.29) is 12.3 Å². The molecule has 7 nitrogen and oxygen atoms in total. The van der Waals surface area contributed by atoms with Gasteiger partial charge in [-0.3, -0.25) is 0 Å². The summed E-state index contributed by atoms with van der Waals surface area (Å²) in [5.41, 5.74) is 0.723. The molecule has 0 fully saturated rings. The summed E-state index contributed by atoms with van der Waals surface area (Å²) >= 11 is 0. The van der Waals surface area contributed by atoms with Crippen molar-refractivity contribution in [3.63, 3.8) is 0 Å². The largest absolute Gasteiger partial charge is 0.454 e. The van der Waals surface area contributed by atoms with E-state index in [1.807, 2.05) is 39.0 Å². The van der Waals surface area contributed by atoms with Gasteiger partial charge in [0, 0.05) is 17.3 Å². The maximum atomic E-state index is 5.34. The lowest BCUT2D eigenvalue weighted by Gasteiger charge is -2.20. The highest BCUT2D eigenvalue weighted by Gasteiger charge is 2.14. The minimum absolute atomic E-state index is 0.126. The molecule has 7 heteroatoms. The van der Waals surface area contributed by atoms with E-state index in [1.54, 1.807) is 6.20 Å². The summed E-state index contributed by atoms with van der Waals surface area (Å²) in [7, 11) is 0. The van der Waals surface area contributed by atoms with E-state index in [1.165, 1.54) is 0 Å². The quantitative estimate of drug-likeness (QED) is 0.897. The molecule has 0 saturated heterocycles. The number of fused-ring (bicyclic) bond motifs is 1. The van der Waals surface area contributed by atoms with Crippen LogP contribution in [0.1, 0.15) is 20.8 Å². The van der Waals surface area contributed by atoms with Crippen molar-refractivity contribution >= 4 is 17.5 Å². The topological polar surface area (TPSA) is 81.2 Å². The maximum absolute atomic E-state index is 5.34. The Kier molecular flexibility index (Phi) is 3.25. The Morgan fingerprint density at radius 1 is 1.14 bits per heavy atom. The summed E-state index contributed by atoms with van der Waals surface area (Å²) in [6.45, 7) is 6.37. The number of benzene rings is 1. The van der Waals surface area contributed by atoms with Gasteiger partial charge in [0.05, 0.1) is 6.20 Å². The normalized spacial score (nSPS) is 13.1. The molecule has 0 amide bonds. The molecule has 2 aromatic rings. The van der Waals surface area contributed by atoms with Crippen molar-refractivity contribution < 1.29 is 9.47 Å². The zero-order valence-electron chi connectivity index (χ0n) is 12.2. The van der Waals surface area contributed by atoms with Crippen molar-refractivity contribution in [2.45, 2.75) is 26.3 Å². The molecule has 0 saturated carbocycles. The first kappa shape index (κ1) is 13.4. The second-order valence-corrected chi connectivity index (χ2v) is 5.73. The fraction of sp³-hybridized carbons (Fsp3) is 0.357. The zero-order chi connectivity index (χ0) is 14.9. The lowest BCUT2D eigenvalue weighted by molar-refractivity contribution is 0.174. The lowest BCUT2D eigenvalue weighted by Crippen LogP contribution is -2.27. The van der Waals surface area contributed by atoms with Crippen LogP contribution in [-0.2, 0) is 0 Å².